The molecule has 0 N–H and O–H groups in total. The van der Waals surface area contributed by atoms with Crippen LogP contribution in [0.25, 0.3) is 0 Å². The quantitative estimate of drug-likeness (QED) is 0.0742. The Bertz CT molecular complexity index is 1160. The average molecular weight is 631 g/mol. The SMILES string of the molecule is C=C(CCC[C@H](C)CCCC(C)C)CCC[C@@]1(C)CCc2c(C)c(OC(=O)C(C)(P)CC(C)(C)C(=O)OC)c(C)c(C)c2O1. The fourth-order valence-corrected chi connectivity index (χ4v) is 7.28. The predicted octanol–water partition coefficient (Wildman–Crippen LogP) is 10.2. The highest BCUT2D eigenvalue weighted by Crippen LogP contribution is 2.46. The fraction of sp³-hybridized carbons (Fsp3) is 0.737. The van der Waals surface area contributed by atoms with Crippen LogP contribution in [-0.4, -0.2) is 29.8 Å². The molecule has 0 aliphatic carbocycles. The van der Waals surface area contributed by atoms with Gasteiger partial charge in [-0.15, -0.1) is 9.24 Å². The molecule has 5 nitrogen and oxygen atoms in total. The molecule has 4 atom stereocenters. The topological polar surface area (TPSA) is 61.8 Å². The molecule has 2 rings (SSSR count). The number of allylic oxidation sites excluding steroid dienone is 1. The predicted molar refractivity (Wildman–Crippen MR) is 187 cm³/mol. The van der Waals surface area contributed by atoms with E-state index in [0.29, 0.717) is 5.75 Å². The number of fused-ring (bicyclic) bond motifs is 1. The minimum atomic E-state index is -0.953. The first-order valence-electron chi connectivity index (χ1n) is 16.9. The Labute approximate surface area is 271 Å². The molecule has 44 heavy (non-hydrogen) atoms. The van der Waals surface area contributed by atoms with Gasteiger partial charge in [0.25, 0.3) is 0 Å². The summed E-state index contributed by atoms with van der Waals surface area (Å²) in [5.41, 5.74) is 4.34. The maximum absolute atomic E-state index is 13.4. The second-order valence-corrected chi connectivity index (χ2v) is 16.6. The molecular weight excluding hydrogens is 567 g/mol. The van der Waals surface area contributed by atoms with Crippen LogP contribution in [-0.2, 0) is 20.7 Å². The zero-order valence-electron chi connectivity index (χ0n) is 30.0. The van der Waals surface area contributed by atoms with Crippen molar-refractivity contribution in [2.75, 3.05) is 7.11 Å². The first kappa shape index (κ1) is 38.3. The lowest BCUT2D eigenvalue weighted by atomic mass is 9.82. The summed E-state index contributed by atoms with van der Waals surface area (Å²) >= 11 is 0. The zero-order valence-corrected chi connectivity index (χ0v) is 31.1. The molecule has 1 aliphatic rings. The molecule has 0 saturated heterocycles. The van der Waals surface area contributed by atoms with Gasteiger partial charge in [-0.2, -0.15) is 0 Å². The highest BCUT2D eigenvalue weighted by Gasteiger charge is 2.42. The second-order valence-electron chi connectivity index (χ2n) is 15.3. The minimum absolute atomic E-state index is 0.224. The van der Waals surface area contributed by atoms with Gasteiger partial charge in [-0.1, -0.05) is 58.6 Å². The molecule has 0 spiro atoms. The van der Waals surface area contributed by atoms with Crippen molar-refractivity contribution in [1.29, 1.82) is 0 Å². The van der Waals surface area contributed by atoms with E-state index in [2.05, 4.69) is 50.4 Å². The van der Waals surface area contributed by atoms with Crippen molar-refractivity contribution >= 4 is 21.2 Å². The van der Waals surface area contributed by atoms with E-state index in [1.54, 1.807) is 20.8 Å². The van der Waals surface area contributed by atoms with Gasteiger partial charge in [-0.25, -0.2) is 0 Å². The number of carbonyl (C=O) groups excluding carboxylic acids is 2. The summed E-state index contributed by atoms with van der Waals surface area (Å²) in [6.07, 6.45) is 12.9. The monoisotopic (exact) mass is 630 g/mol. The van der Waals surface area contributed by atoms with E-state index in [-0.39, 0.29) is 24.0 Å². The Morgan fingerprint density at radius 3 is 2.18 bits per heavy atom. The number of hydrogen-bond acceptors (Lipinski definition) is 5. The maximum atomic E-state index is 13.4. The number of benzene rings is 1. The Morgan fingerprint density at radius 2 is 1.57 bits per heavy atom. The second kappa shape index (κ2) is 16.1. The van der Waals surface area contributed by atoms with Crippen molar-refractivity contribution in [2.24, 2.45) is 17.3 Å². The van der Waals surface area contributed by atoms with Crippen molar-refractivity contribution in [3.8, 4) is 11.5 Å². The Hall–Kier alpha value is -1.87. The van der Waals surface area contributed by atoms with Crippen LogP contribution in [0.3, 0.4) is 0 Å². The number of methoxy groups -OCH3 is 1. The summed E-state index contributed by atoms with van der Waals surface area (Å²) in [7, 11) is 3.96. The number of carbonyl (C=O) groups is 2. The van der Waals surface area contributed by atoms with Gasteiger partial charge >= 0.3 is 11.9 Å². The molecule has 1 aromatic carbocycles. The molecule has 1 aromatic rings. The third-order valence-electron chi connectivity index (χ3n) is 9.71. The van der Waals surface area contributed by atoms with Crippen molar-refractivity contribution < 1.29 is 23.8 Å². The van der Waals surface area contributed by atoms with Gasteiger partial charge in [0.2, 0.25) is 0 Å². The van der Waals surface area contributed by atoms with Crippen LogP contribution in [0.1, 0.15) is 141 Å². The van der Waals surface area contributed by atoms with Gasteiger partial charge in [-0.05, 0) is 128 Å². The van der Waals surface area contributed by atoms with Crippen LogP contribution >= 0.6 is 9.24 Å². The lowest BCUT2D eigenvalue weighted by Crippen LogP contribution is -2.41. The lowest BCUT2D eigenvalue weighted by Gasteiger charge is -2.38. The number of rotatable bonds is 17. The molecule has 1 heterocycles. The summed E-state index contributed by atoms with van der Waals surface area (Å²) in [5.74, 6) is 2.43. The molecule has 0 amide bonds. The van der Waals surface area contributed by atoms with E-state index in [4.69, 9.17) is 14.2 Å². The number of hydrogen-bond donors (Lipinski definition) is 0. The van der Waals surface area contributed by atoms with Gasteiger partial charge in [0, 0.05) is 5.56 Å². The normalized spacial score (nSPS) is 18.7. The first-order valence-corrected chi connectivity index (χ1v) is 17.5. The van der Waals surface area contributed by atoms with Gasteiger partial charge in [0.1, 0.15) is 17.1 Å². The van der Waals surface area contributed by atoms with Crippen molar-refractivity contribution in [1.82, 2.24) is 0 Å². The summed E-state index contributed by atoms with van der Waals surface area (Å²) < 4.78 is 17.8. The lowest BCUT2D eigenvalue weighted by molar-refractivity contribution is -0.152. The van der Waals surface area contributed by atoms with Crippen LogP contribution in [0.2, 0.25) is 0 Å². The number of esters is 2. The molecule has 1 aliphatic heterocycles. The molecule has 250 valence electrons. The van der Waals surface area contributed by atoms with Crippen LogP contribution in [0.15, 0.2) is 12.2 Å². The van der Waals surface area contributed by atoms with E-state index in [1.807, 2.05) is 13.8 Å². The molecular formula is C38H63O5P. The van der Waals surface area contributed by atoms with Crippen LogP contribution in [0.4, 0.5) is 0 Å². The Morgan fingerprint density at radius 1 is 0.955 bits per heavy atom. The van der Waals surface area contributed by atoms with E-state index in [9.17, 15) is 9.59 Å². The smallest absolute Gasteiger partial charge is 0.321 e. The van der Waals surface area contributed by atoms with Gasteiger partial charge < -0.3 is 14.2 Å². The van der Waals surface area contributed by atoms with Crippen molar-refractivity contribution in [3.63, 3.8) is 0 Å². The van der Waals surface area contributed by atoms with Gasteiger partial charge in [0.05, 0.1) is 17.7 Å². The molecule has 0 bridgehead atoms. The van der Waals surface area contributed by atoms with Gasteiger partial charge in [0.15, 0.2) is 0 Å². The molecule has 6 heteroatoms. The zero-order chi connectivity index (χ0) is 33.5. The molecule has 0 radical (unpaired) electrons. The van der Waals surface area contributed by atoms with E-state index in [1.165, 1.54) is 44.8 Å². The summed E-state index contributed by atoms with van der Waals surface area (Å²) in [4.78, 5) is 25.7. The largest absolute Gasteiger partial charge is 0.487 e. The standard InChI is InChI=1S/C38H63O5P/c1-25(2)16-13-17-26(3)18-14-19-27(4)20-15-22-37(10)23-21-31-30(7)32(28(5)29(6)33(31)43-37)42-35(40)38(11,44)24-36(8,9)34(39)41-12/h25-26H,4,13-24,44H2,1-3,5-12H3/t26-,37+,38?/m1/s1. The Kier molecular flexibility index (Phi) is 14.0. The highest BCUT2D eigenvalue weighted by molar-refractivity contribution is 7.20. The van der Waals surface area contributed by atoms with Crippen LogP contribution in [0, 0.1) is 38.0 Å². The highest BCUT2D eigenvalue weighted by atomic mass is 31.0. The number of ether oxygens (including phenoxy) is 3. The van der Waals surface area contributed by atoms with Crippen molar-refractivity contribution in [3.05, 3.63) is 34.4 Å². The van der Waals surface area contributed by atoms with E-state index >= 15 is 0 Å². The summed E-state index contributed by atoms with van der Waals surface area (Å²) in [6, 6.07) is 0. The minimum Gasteiger partial charge on any atom is -0.487 e. The molecule has 2 unspecified atom stereocenters. The molecule has 0 saturated carbocycles. The summed E-state index contributed by atoms with van der Waals surface area (Å²) in [5, 5.41) is -0.953. The first-order chi connectivity index (χ1) is 20.3. The summed E-state index contributed by atoms with van der Waals surface area (Å²) in [6.45, 7) is 25.1. The molecule has 0 aromatic heterocycles. The Balaban J connectivity index is 1.99. The van der Waals surface area contributed by atoms with Gasteiger partial charge in [-0.3, -0.25) is 9.59 Å². The van der Waals surface area contributed by atoms with E-state index in [0.717, 1.165) is 78.4 Å². The fourth-order valence-electron chi connectivity index (χ4n) is 6.72. The van der Waals surface area contributed by atoms with Crippen LogP contribution in [0.5, 0.6) is 11.5 Å². The molecule has 0 fully saturated rings. The third-order valence-corrected chi connectivity index (χ3v) is 10.2. The van der Waals surface area contributed by atoms with E-state index < -0.39 is 10.6 Å². The third kappa shape index (κ3) is 10.6. The van der Waals surface area contributed by atoms with Crippen LogP contribution < -0.4 is 9.47 Å². The van der Waals surface area contributed by atoms with Crippen molar-refractivity contribution in [2.45, 2.75) is 157 Å². The maximum Gasteiger partial charge on any atom is 0.321 e. The average Bonchev–Trinajstić information content (AvgIpc) is 2.92.